The van der Waals surface area contributed by atoms with Gasteiger partial charge in [-0.2, -0.15) is 5.26 Å². The average molecular weight is 523 g/mol. The first-order valence-electron chi connectivity index (χ1n) is 18.0. The number of furan rings is 1. The van der Waals surface area contributed by atoms with Crippen LogP contribution in [0.15, 0.2) is 65.1 Å². The van der Waals surface area contributed by atoms with Crippen LogP contribution in [0, 0.1) is 25.1 Å². The van der Waals surface area contributed by atoms with Gasteiger partial charge in [-0.05, 0) is 72.8 Å². The van der Waals surface area contributed by atoms with Gasteiger partial charge in [0.25, 0.3) is 0 Å². The summed E-state index contributed by atoms with van der Waals surface area (Å²) >= 11 is 0. The molecule has 0 aliphatic heterocycles. The van der Waals surface area contributed by atoms with E-state index in [1.54, 1.807) is 43.7 Å². The van der Waals surface area contributed by atoms with Gasteiger partial charge in [0.1, 0.15) is 18.2 Å². The summed E-state index contributed by atoms with van der Waals surface area (Å²) in [6, 6.07) is 9.80. The van der Waals surface area contributed by atoms with Crippen molar-refractivity contribution in [2.75, 3.05) is 0 Å². The van der Waals surface area contributed by atoms with Gasteiger partial charge in [-0.25, -0.2) is 4.57 Å². The van der Waals surface area contributed by atoms with Crippen molar-refractivity contribution in [3.8, 4) is 28.5 Å². The number of hydrogen-bond acceptors (Lipinski definition) is 2. The minimum Gasteiger partial charge on any atom is -0.454 e. The first-order valence-corrected chi connectivity index (χ1v) is 13.5. The topological polar surface area (TPSA) is 40.8 Å². The number of aromatic nitrogens is 1. The SMILES string of the molecule is [2H]c1c([2H])c(C2([2H])CCCCC2)c([2H])c([2H])c1-c1c(C#N)ccc2c1oc1c(-c3cc(C([2H])(C)C)c(C([2H])([2H])[2H])c[n+]3C)c(C)ccc12. The van der Waals surface area contributed by atoms with E-state index in [9.17, 15) is 5.26 Å². The molecule has 0 amide bonds. The van der Waals surface area contributed by atoms with Gasteiger partial charge in [-0.3, -0.25) is 0 Å². The molecule has 39 heavy (non-hydrogen) atoms. The molecule has 0 unspecified atom stereocenters. The molecule has 3 aromatic carbocycles. The molecule has 1 aliphatic carbocycles. The van der Waals surface area contributed by atoms with Gasteiger partial charge in [-0.15, -0.1) is 0 Å². The summed E-state index contributed by atoms with van der Waals surface area (Å²) in [4.78, 5) is 0. The number of pyridine rings is 1. The van der Waals surface area contributed by atoms with Crippen LogP contribution in [-0.4, -0.2) is 0 Å². The van der Waals surface area contributed by atoms with Crippen LogP contribution < -0.4 is 4.57 Å². The summed E-state index contributed by atoms with van der Waals surface area (Å²) in [7, 11) is 1.74. The molecule has 0 N–H and O–H groups in total. The van der Waals surface area contributed by atoms with E-state index in [1.165, 1.54) is 6.20 Å². The molecule has 0 radical (unpaired) electrons. The third-order valence-corrected chi connectivity index (χ3v) is 7.89. The van der Waals surface area contributed by atoms with Crippen molar-refractivity contribution >= 4 is 21.9 Å². The molecule has 6 rings (SSSR count). The summed E-state index contributed by atoms with van der Waals surface area (Å²) in [6.07, 6.45) is 4.97. The van der Waals surface area contributed by atoms with Gasteiger partial charge in [0.05, 0.1) is 22.7 Å². The molecule has 0 spiro atoms. The molecule has 0 bridgehead atoms. The second kappa shape index (κ2) is 10.0. The molecule has 2 aromatic heterocycles. The van der Waals surface area contributed by atoms with Crippen LogP contribution in [0.4, 0.5) is 0 Å². The molecule has 0 atom stereocenters. The van der Waals surface area contributed by atoms with Crippen LogP contribution in [-0.2, 0) is 7.05 Å². The van der Waals surface area contributed by atoms with Crippen LogP contribution in [0.5, 0.6) is 0 Å². The predicted molar refractivity (Wildman–Crippen MR) is 160 cm³/mol. The van der Waals surface area contributed by atoms with Crippen molar-refractivity contribution < 1.29 is 21.3 Å². The summed E-state index contributed by atoms with van der Waals surface area (Å²) in [6.45, 7) is 2.75. The van der Waals surface area contributed by atoms with Gasteiger partial charge in [0.2, 0.25) is 5.69 Å². The van der Waals surface area contributed by atoms with E-state index in [1.807, 2.05) is 19.1 Å². The Morgan fingerprint density at radius 1 is 1.03 bits per heavy atom. The zero-order chi connectivity index (χ0) is 35.1. The molecule has 5 aromatic rings. The predicted octanol–water partition coefficient (Wildman–Crippen LogP) is 9.40. The Labute approximate surface area is 244 Å². The Balaban J connectivity index is 1.68. The van der Waals surface area contributed by atoms with Crippen LogP contribution >= 0.6 is 0 Å². The first-order chi connectivity index (χ1) is 22.4. The highest BCUT2D eigenvalue weighted by molar-refractivity contribution is 6.14. The largest absolute Gasteiger partial charge is 0.454 e. The molecular weight excluding hydrogens is 476 g/mol. The Morgan fingerprint density at radius 3 is 2.38 bits per heavy atom. The monoisotopic (exact) mass is 522 g/mol. The van der Waals surface area contributed by atoms with Gasteiger partial charge in [0, 0.05) is 34.8 Å². The van der Waals surface area contributed by atoms with Crippen molar-refractivity contribution in [2.24, 2.45) is 7.05 Å². The van der Waals surface area contributed by atoms with E-state index in [2.05, 4.69) is 6.07 Å². The summed E-state index contributed by atoms with van der Waals surface area (Å²) in [5, 5.41) is 11.5. The zero-order valence-electron chi connectivity index (χ0n) is 31.8. The highest BCUT2D eigenvalue weighted by atomic mass is 16.3. The van der Waals surface area contributed by atoms with Gasteiger partial charge < -0.3 is 4.42 Å². The number of nitrogens with zero attached hydrogens (tertiary/aromatic N) is 2. The number of fused-ring (bicyclic) bond motifs is 3. The van der Waals surface area contributed by atoms with Crippen LogP contribution in [0.25, 0.3) is 44.3 Å². The van der Waals surface area contributed by atoms with E-state index >= 15 is 0 Å². The fourth-order valence-electron chi connectivity index (χ4n) is 5.82. The van der Waals surface area contributed by atoms with Crippen LogP contribution in [0.3, 0.4) is 0 Å². The lowest BCUT2D eigenvalue weighted by molar-refractivity contribution is -0.660. The number of hydrogen-bond donors (Lipinski definition) is 0. The van der Waals surface area contributed by atoms with E-state index in [0.717, 1.165) is 24.8 Å². The second-order valence-electron chi connectivity index (χ2n) is 10.7. The fraction of sp³-hybridized carbons (Fsp3) is 0.333. The minimum absolute atomic E-state index is 0.0570. The smallest absolute Gasteiger partial charge is 0.216 e. The lowest BCUT2D eigenvalue weighted by Crippen LogP contribution is -2.32. The molecule has 3 heteroatoms. The maximum absolute atomic E-state index is 10.2. The summed E-state index contributed by atoms with van der Waals surface area (Å²) in [5.41, 5.74) is 3.49. The molecule has 3 nitrogen and oxygen atoms in total. The van der Waals surface area contributed by atoms with E-state index < -0.39 is 18.6 Å². The Hall–Kier alpha value is -3.90. The van der Waals surface area contributed by atoms with E-state index in [0.29, 0.717) is 46.0 Å². The molecular formula is C36H37N2O+. The van der Waals surface area contributed by atoms with Crippen molar-refractivity contribution in [3.63, 3.8) is 0 Å². The maximum Gasteiger partial charge on any atom is 0.216 e. The lowest BCUT2D eigenvalue weighted by atomic mass is 9.83. The average Bonchev–Trinajstić information content (AvgIpc) is 3.38. The molecule has 2 heterocycles. The first kappa shape index (κ1) is 16.9. The second-order valence-corrected chi connectivity index (χ2v) is 10.7. The lowest BCUT2D eigenvalue weighted by Gasteiger charge is -2.22. The quantitative estimate of drug-likeness (QED) is 0.221. The van der Waals surface area contributed by atoms with Crippen LogP contribution in [0.1, 0.15) is 97.9 Å². The maximum atomic E-state index is 10.2. The third-order valence-electron chi connectivity index (χ3n) is 7.89. The van der Waals surface area contributed by atoms with Crippen molar-refractivity contribution in [1.29, 1.82) is 5.26 Å². The molecule has 1 aliphatic rings. The van der Waals surface area contributed by atoms with Crippen molar-refractivity contribution in [3.05, 3.63) is 88.5 Å². The van der Waals surface area contributed by atoms with Crippen molar-refractivity contribution in [2.45, 2.75) is 71.5 Å². The van der Waals surface area contributed by atoms with Gasteiger partial charge in [0.15, 0.2) is 6.20 Å². The van der Waals surface area contributed by atoms with E-state index in [4.69, 9.17) is 16.8 Å². The number of benzene rings is 3. The van der Waals surface area contributed by atoms with E-state index in [-0.39, 0.29) is 57.6 Å². The Kier molecular flexibility index (Phi) is 4.34. The Bertz CT molecular complexity index is 2150. The van der Waals surface area contributed by atoms with Gasteiger partial charge in [-0.1, -0.05) is 69.4 Å². The summed E-state index contributed by atoms with van der Waals surface area (Å²) < 4.78 is 86.7. The minimum atomic E-state index is -2.44. The highest BCUT2D eigenvalue weighted by Crippen LogP contribution is 2.43. The molecule has 1 fully saturated rings. The number of aryl methyl sites for hydroxylation is 3. The van der Waals surface area contributed by atoms with Crippen LogP contribution in [0.2, 0.25) is 0 Å². The normalized spacial score (nSPS) is 19.1. The van der Waals surface area contributed by atoms with Gasteiger partial charge >= 0.3 is 0 Å². The Morgan fingerprint density at radius 2 is 1.72 bits per heavy atom. The molecule has 1 saturated carbocycles. The highest BCUT2D eigenvalue weighted by Gasteiger charge is 2.25. The zero-order valence-corrected chi connectivity index (χ0v) is 22.8. The standard InChI is InChI=1S/C36H37N2O/c1-22(2)31-19-32(38(5)21-24(31)4)33-23(3)11-17-29-30-18-16-28(20-37)34(36(30)39-35(29)33)27-14-12-26(13-15-27)25-9-7-6-8-10-25/h11-19,21-22,25H,6-10H2,1-5H3/q+1/i4D3,12D,13D,14D,15D,22D,25D. The number of rotatable bonds is 4. The molecule has 196 valence electrons. The summed E-state index contributed by atoms with van der Waals surface area (Å²) in [5.74, 6) is -2.45. The van der Waals surface area contributed by atoms with Crippen molar-refractivity contribution in [1.82, 2.24) is 0 Å². The molecule has 0 saturated heterocycles. The number of nitriles is 1. The fourth-order valence-corrected chi connectivity index (χ4v) is 5.82. The third kappa shape index (κ3) is 4.33.